The van der Waals surface area contributed by atoms with Gasteiger partial charge in [0.05, 0.1) is 18.5 Å². The van der Waals surface area contributed by atoms with Crippen molar-refractivity contribution in [2.24, 2.45) is 0 Å². The molecule has 0 radical (unpaired) electrons. The number of aliphatic hydroxyl groups is 1. The Bertz CT molecular complexity index is 1190. The summed E-state index contributed by atoms with van der Waals surface area (Å²) < 4.78 is 8.08. The molecule has 5 N–H and O–H groups in total. The highest BCUT2D eigenvalue weighted by Crippen LogP contribution is 2.32. The second kappa shape index (κ2) is 9.63. The summed E-state index contributed by atoms with van der Waals surface area (Å²) in [5, 5.41) is 18.2. The Labute approximate surface area is 191 Å². The van der Waals surface area contributed by atoms with Gasteiger partial charge in [0.2, 0.25) is 0 Å². The Morgan fingerprint density at radius 1 is 0.939 bits per heavy atom. The topological polar surface area (TPSA) is 123 Å². The highest BCUT2D eigenvalue weighted by atomic mass is 16.5. The first-order valence-corrected chi connectivity index (χ1v) is 11.0. The minimum Gasteiger partial charge on any atom is -0.387 e. The lowest BCUT2D eigenvalue weighted by atomic mass is 10.1. The predicted molar refractivity (Wildman–Crippen MR) is 125 cm³/mol. The number of ether oxygens (including phenoxy) is 1. The van der Waals surface area contributed by atoms with Crippen LogP contribution in [0.5, 0.6) is 0 Å². The Balaban J connectivity index is 1.35. The van der Waals surface area contributed by atoms with Crippen molar-refractivity contribution >= 4 is 17.0 Å². The van der Waals surface area contributed by atoms with E-state index in [1.54, 1.807) is 10.9 Å². The number of fused-ring (bicyclic) bond motifs is 1. The quantitative estimate of drug-likeness (QED) is 0.323. The van der Waals surface area contributed by atoms with Gasteiger partial charge in [-0.25, -0.2) is 15.0 Å². The van der Waals surface area contributed by atoms with Crippen LogP contribution in [-0.2, 0) is 17.8 Å². The number of hydrogen-bond acceptors (Lipinski definition) is 8. The van der Waals surface area contributed by atoms with Crippen molar-refractivity contribution < 1.29 is 9.84 Å². The standard InChI is InChI=1S/C24H27N7O2/c25-22-20-23(29-14-28-22)31(15-30-20)24-21(32)19(27-12-17-9-5-2-6-10-17)18(33-24)13-26-11-16-7-3-1-4-8-16/h1-10,14-15,18-19,21,24,26-27,32H,11-13H2,(H2,25,28,29)/t18-,19-,21-,24-/m1/s1. The van der Waals surface area contributed by atoms with Crippen LogP contribution in [0.25, 0.3) is 11.2 Å². The minimum absolute atomic E-state index is 0.269. The van der Waals surface area contributed by atoms with Gasteiger partial charge in [0, 0.05) is 19.6 Å². The lowest BCUT2D eigenvalue weighted by Gasteiger charge is -2.22. The normalized spacial score (nSPS) is 22.7. The average Bonchev–Trinajstić information content (AvgIpc) is 3.41. The molecule has 4 aromatic rings. The van der Waals surface area contributed by atoms with Gasteiger partial charge in [0.25, 0.3) is 0 Å². The van der Waals surface area contributed by atoms with Crippen LogP contribution in [0.3, 0.4) is 0 Å². The summed E-state index contributed by atoms with van der Waals surface area (Å²) in [5.74, 6) is 0.297. The molecule has 0 spiro atoms. The molecule has 0 saturated carbocycles. The van der Waals surface area contributed by atoms with Crippen LogP contribution in [0.2, 0.25) is 0 Å². The first kappa shape index (κ1) is 21.5. The molecule has 1 aliphatic rings. The first-order valence-electron chi connectivity index (χ1n) is 11.0. The van der Waals surface area contributed by atoms with Gasteiger partial charge < -0.3 is 26.2 Å². The van der Waals surface area contributed by atoms with Gasteiger partial charge in [-0.15, -0.1) is 0 Å². The summed E-state index contributed by atoms with van der Waals surface area (Å²) in [6, 6.07) is 20.0. The number of hydrogen-bond donors (Lipinski definition) is 4. The maximum Gasteiger partial charge on any atom is 0.167 e. The third-order valence-corrected chi connectivity index (χ3v) is 5.94. The zero-order valence-electron chi connectivity index (χ0n) is 18.1. The second-order valence-electron chi connectivity index (χ2n) is 8.15. The summed E-state index contributed by atoms with van der Waals surface area (Å²) in [6.45, 7) is 1.90. The SMILES string of the molecule is Nc1ncnc2c1ncn2[C@@H]1O[C@H](CNCc2ccccc2)[C@@H](NCc2ccccc2)[C@H]1O. The molecule has 4 atom stereocenters. The average molecular weight is 446 g/mol. The third kappa shape index (κ3) is 4.57. The molecule has 9 heteroatoms. The Hall–Kier alpha value is -3.37. The lowest BCUT2D eigenvalue weighted by Crippen LogP contribution is -2.47. The molecule has 170 valence electrons. The van der Waals surface area contributed by atoms with E-state index in [0.29, 0.717) is 36.6 Å². The number of aliphatic hydroxyl groups excluding tert-OH is 1. The number of benzene rings is 2. The third-order valence-electron chi connectivity index (χ3n) is 5.94. The number of nitrogens with one attached hydrogen (secondary N) is 2. The molecule has 5 rings (SSSR count). The number of nitrogens with two attached hydrogens (primary N) is 1. The van der Waals surface area contributed by atoms with Crippen molar-refractivity contribution in [1.29, 1.82) is 0 Å². The summed E-state index contributed by atoms with van der Waals surface area (Å²) in [7, 11) is 0. The minimum atomic E-state index is -0.814. The number of anilines is 1. The maximum atomic E-state index is 11.3. The largest absolute Gasteiger partial charge is 0.387 e. The van der Waals surface area contributed by atoms with Gasteiger partial charge >= 0.3 is 0 Å². The zero-order valence-corrected chi connectivity index (χ0v) is 18.1. The molecule has 1 aliphatic heterocycles. The molecular weight excluding hydrogens is 418 g/mol. The van der Waals surface area contributed by atoms with E-state index in [2.05, 4.69) is 49.9 Å². The smallest absolute Gasteiger partial charge is 0.167 e. The molecule has 2 aromatic carbocycles. The summed E-state index contributed by atoms with van der Waals surface area (Å²) in [5.41, 5.74) is 9.29. The van der Waals surface area contributed by atoms with Crippen LogP contribution in [0.1, 0.15) is 17.4 Å². The summed E-state index contributed by atoms with van der Waals surface area (Å²) >= 11 is 0. The van der Waals surface area contributed by atoms with E-state index in [9.17, 15) is 5.11 Å². The number of nitrogens with zero attached hydrogens (tertiary/aromatic N) is 4. The molecule has 0 bridgehead atoms. The molecule has 2 aromatic heterocycles. The van der Waals surface area contributed by atoms with Crippen LogP contribution in [0.4, 0.5) is 5.82 Å². The Morgan fingerprint density at radius 2 is 1.64 bits per heavy atom. The van der Waals surface area contributed by atoms with Gasteiger partial charge in [-0.3, -0.25) is 4.57 Å². The number of nitrogen functional groups attached to an aromatic ring is 1. The van der Waals surface area contributed by atoms with Crippen molar-refractivity contribution in [3.05, 3.63) is 84.4 Å². The van der Waals surface area contributed by atoms with Crippen LogP contribution < -0.4 is 16.4 Å². The van der Waals surface area contributed by atoms with Crippen molar-refractivity contribution in [2.75, 3.05) is 12.3 Å². The first-order chi connectivity index (χ1) is 16.2. The fourth-order valence-corrected chi connectivity index (χ4v) is 4.24. The summed E-state index contributed by atoms with van der Waals surface area (Å²) in [6.07, 6.45) is 1.25. The Morgan fingerprint density at radius 3 is 2.36 bits per heavy atom. The lowest BCUT2D eigenvalue weighted by molar-refractivity contribution is -0.0342. The molecule has 0 unspecified atom stereocenters. The van der Waals surface area contributed by atoms with E-state index in [-0.39, 0.29) is 12.1 Å². The second-order valence-corrected chi connectivity index (χ2v) is 8.15. The van der Waals surface area contributed by atoms with Gasteiger partial charge in [-0.1, -0.05) is 60.7 Å². The molecule has 9 nitrogen and oxygen atoms in total. The molecule has 33 heavy (non-hydrogen) atoms. The van der Waals surface area contributed by atoms with Crippen LogP contribution >= 0.6 is 0 Å². The zero-order chi connectivity index (χ0) is 22.6. The number of imidazole rings is 1. The molecule has 0 amide bonds. The Kier molecular flexibility index (Phi) is 6.27. The highest BCUT2D eigenvalue weighted by Gasteiger charge is 2.44. The molecule has 1 fully saturated rings. The van der Waals surface area contributed by atoms with Crippen LogP contribution in [-0.4, -0.2) is 49.4 Å². The van der Waals surface area contributed by atoms with Crippen molar-refractivity contribution in [2.45, 2.75) is 37.6 Å². The van der Waals surface area contributed by atoms with E-state index in [1.807, 2.05) is 36.4 Å². The van der Waals surface area contributed by atoms with E-state index < -0.39 is 12.3 Å². The predicted octanol–water partition coefficient (Wildman–Crippen LogP) is 1.61. The molecule has 1 saturated heterocycles. The van der Waals surface area contributed by atoms with Gasteiger partial charge in [0.15, 0.2) is 17.7 Å². The van der Waals surface area contributed by atoms with Gasteiger partial charge in [0.1, 0.15) is 17.9 Å². The fraction of sp³-hybridized carbons (Fsp3) is 0.292. The maximum absolute atomic E-state index is 11.3. The van der Waals surface area contributed by atoms with E-state index in [0.717, 1.165) is 5.56 Å². The van der Waals surface area contributed by atoms with Crippen LogP contribution in [0.15, 0.2) is 73.3 Å². The van der Waals surface area contributed by atoms with Gasteiger partial charge in [-0.05, 0) is 11.1 Å². The van der Waals surface area contributed by atoms with Gasteiger partial charge in [-0.2, -0.15) is 0 Å². The molecule has 0 aliphatic carbocycles. The molecule has 3 heterocycles. The highest BCUT2D eigenvalue weighted by molar-refractivity contribution is 5.81. The number of aromatic nitrogens is 4. The van der Waals surface area contributed by atoms with E-state index in [4.69, 9.17) is 10.5 Å². The summed E-state index contributed by atoms with van der Waals surface area (Å²) in [4.78, 5) is 12.6. The molecular formula is C24H27N7O2. The van der Waals surface area contributed by atoms with E-state index >= 15 is 0 Å². The monoisotopic (exact) mass is 445 g/mol. The number of rotatable bonds is 8. The van der Waals surface area contributed by atoms with Crippen molar-refractivity contribution in [3.63, 3.8) is 0 Å². The van der Waals surface area contributed by atoms with Crippen LogP contribution in [0, 0.1) is 0 Å². The van der Waals surface area contributed by atoms with Crippen molar-refractivity contribution in [3.8, 4) is 0 Å². The van der Waals surface area contributed by atoms with Crippen molar-refractivity contribution in [1.82, 2.24) is 30.2 Å². The van der Waals surface area contributed by atoms with E-state index in [1.165, 1.54) is 11.9 Å². The fourth-order valence-electron chi connectivity index (χ4n) is 4.24.